The Balaban J connectivity index is -0.000000784. The molecule has 5 aromatic rings. The molecule has 5 rings (SSSR count). The molecular formula is C114H198O29Si4. The van der Waals surface area contributed by atoms with Crippen LogP contribution >= 0.6 is 0 Å². The van der Waals surface area contributed by atoms with Crippen molar-refractivity contribution in [2.45, 2.75) is 339 Å². The van der Waals surface area contributed by atoms with Gasteiger partial charge >= 0.3 is 82.7 Å². The van der Waals surface area contributed by atoms with Crippen molar-refractivity contribution in [3.63, 3.8) is 0 Å². The second kappa shape index (κ2) is 81.0. The Bertz CT molecular complexity index is 4020. The number of esters is 8. The number of methoxy groups -OCH3 is 2. The first-order valence-electron chi connectivity index (χ1n) is 52.3. The molecule has 0 amide bonds. The van der Waals surface area contributed by atoms with Crippen molar-refractivity contribution in [3.05, 3.63) is 179 Å². The summed E-state index contributed by atoms with van der Waals surface area (Å²) < 4.78 is 112. The third kappa shape index (κ3) is 62.1. The summed E-state index contributed by atoms with van der Waals surface area (Å²) in [5.41, 5.74) is 4.54. The van der Waals surface area contributed by atoms with E-state index in [1.165, 1.54) is 5.56 Å². The van der Waals surface area contributed by atoms with Gasteiger partial charge in [0.15, 0.2) is 5.79 Å². The first-order valence-corrected chi connectivity index (χ1v) is 60.6. The van der Waals surface area contributed by atoms with E-state index in [2.05, 4.69) is 38.1 Å². The molecule has 29 nitrogen and oxygen atoms in total. The topological polar surface area (TPSA) is 330 Å². The standard InChI is InChI=1S/C15H32O5Si.C14H22O2.2C13H18O2.C12H26O5Si.C12H26O4Si.2C12H16O2.C11H24O5Si/c1-7-15(5,6)14(16)17-12-11-13-21(18-8-2,19-9-3)20-10-4;1-6-11(2)12-7-9-13(10-8-12)14(3,15-4)16-5;2*1-4-13(2,3)12(14)15-10-11-8-6-5-7-9-11;1-7-12(2,3)11(13)17-9-8-10-18(14-4,15-5)16-6;1-7-12(2,3)11(13)16-9-8-10-17(6,14-4)15-5;2*1-3-10(2)12(13)14-9-11-7-5-4-6-8-11;1-6-10(2)11(12)16-8-7-9-17(13-3,14-4)15-5/h7-13H2,1-6H3;7-11H,6H2,1-5H3;2*5-9H,4,10H2,1-3H3;7-10H2,1-6H3;7-10H2,1-6H3;2*4-8,10H,3,9H2,1-2H3;10H,6-9H2,1-5H3. The van der Waals surface area contributed by atoms with Crippen LogP contribution in [-0.2, 0) is 167 Å². The lowest BCUT2D eigenvalue weighted by Gasteiger charge is -2.28. The van der Waals surface area contributed by atoms with Gasteiger partial charge in [0, 0.05) is 115 Å². The highest BCUT2D eigenvalue weighted by Gasteiger charge is 2.42. The van der Waals surface area contributed by atoms with E-state index >= 15 is 0 Å². The average Bonchev–Trinajstić information content (AvgIpc) is 0.829. The molecule has 4 atom stereocenters. The molecule has 0 saturated carbocycles. The summed E-state index contributed by atoms with van der Waals surface area (Å²) >= 11 is 0. The minimum Gasteiger partial charge on any atom is -0.465 e. The molecule has 0 aliphatic heterocycles. The van der Waals surface area contributed by atoms with E-state index in [0.29, 0.717) is 116 Å². The monoisotopic (exact) mass is 2140 g/mol. The first kappa shape index (κ1) is 145. The maximum Gasteiger partial charge on any atom is 0.501 e. The summed E-state index contributed by atoms with van der Waals surface area (Å²) in [5, 5.41) is 0. The lowest BCUT2D eigenvalue weighted by Crippen LogP contribution is -2.46. The predicted molar refractivity (Wildman–Crippen MR) is 592 cm³/mol. The zero-order valence-corrected chi connectivity index (χ0v) is 102. The second-order valence-electron chi connectivity index (χ2n) is 38.8. The highest BCUT2D eigenvalue weighted by atomic mass is 28.4. The van der Waals surface area contributed by atoms with Crippen molar-refractivity contribution in [2.24, 2.45) is 44.8 Å². The maximum absolute atomic E-state index is 11.9. The molecule has 0 saturated heterocycles. The molecule has 0 aliphatic rings. The van der Waals surface area contributed by atoms with Gasteiger partial charge in [-0.3, -0.25) is 38.4 Å². The summed E-state index contributed by atoms with van der Waals surface area (Å²) in [6, 6.07) is 50.1. The lowest BCUT2D eigenvalue weighted by atomic mass is 9.91. The van der Waals surface area contributed by atoms with E-state index < -0.39 is 51.6 Å². The van der Waals surface area contributed by atoms with Crippen LogP contribution in [0.25, 0.3) is 0 Å². The van der Waals surface area contributed by atoms with Crippen molar-refractivity contribution in [2.75, 3.05) is 117 Å². The number of hydrogen-bond acceptors (Lipinski definition) is 29. The van der Waals surface area contributed by atoms with Gasteiger partial charge < -0.3 is 96.1 Å². The molecule has 147 heavy (non-hydrogen) atoms. The van der Waals surface area contributed by atoms with Crippen LogP contribution in [0.2, 0.25) is 30.7 Å². The molecule has 0 N–H and O–H groups in total. The van der Waals surface area contributed by atoms with Crippen molar-refractivity contribution >= 4 is 82.7 Å². The largest absolute Gasteiger partial charge is 0.501 e. The molecule has 0 aliphatic carbocycles. The van der Waals surface area contributed by atoms with Crippen LogP contribution in [0.15, 0.2) is 146 Å². The van der Waals surface area contributed by atoms with E-state index in [-0.39, 0.29) is 81.8 Å². The number of benzene rings is 5. The molecule has 5 aromatic carbocycles. The smallest absolute Gasteiger partial charge is 0.465 e. The van der Waals surface area contributed by atoms with Crippen molar-refractivity contribution in [1.29, 1.82) is 0 Å². The van der Waals surface area contributed by atoms with Gasteiger partial charge in [0.2, 0.25) is 0 Å². The van der Waals surface area contributed by atoms with Crippen LogP contribution in [0.3, 0.4) is 0 Å². The quantitative estimate of drug-likeness (QED) is 0.0115. The Labute approximate surface area is 892 Å². The Morgan fingerprint density at radius 2 is 0.503 bits per heavy atom. The highest BCUT2D eigenvalue weighted by Crippen LogP contribution is 2.31. The maximum atomic E-state index is 11.9. The molecule has 0 bridgehead atoms. The fraction of sp³-hybridized carbons (Fsp3) is 0.667. The van der Waals surface area contributed by atoms with Gasteiger partial charge in [0.1, 0.15) is 26.4 Å². The third-order valence-electron chi connectivity index (χ3n) is 25.9. The molecular weight excluding hydrogens is 1950 g/mol. The Hall–Kier alpha value is -7.79. The molecule has 4 unspecified atom stereocenters. The fourth-order valence-electron chi connectivity index (χ4n) is 11.5. The van der Waals surface area contributed by atoms with Gasteiger partial charge in [-0.05, 0) is 227 Å². The number of hydrogen-bond donors (Lipinski definition) is 0. The van der Waals surface area contributed by atoms with Crippen molar-refractivity contribution in [3.8, 4) is 0 Å². The summed E-state index contributed by atoms with van der Waals surface area (Å²) in [4.78, 5) is 92.6. The average molecular weight is 2150 g/mol. The van der Waals surface area contributed by atoms with Crippen LogP contribution in [0, 0.1) is 44.8 Å². The van der Waals surface area contributed by atoms with Crippen LogP contribution in [-0.4, -0.2) is 200 Å². The number of ether oxygens (including phenoxy) is 10. The lowest BCUT2D eigenvalue weighted by molar-refractivity contribution is -0.201. The van der Waals surface area contributed by atoms with Gasteiger partial charge in [-0.2, -0.15) is 0 Å². The Morgan fingerprint density at radius 3 is 0.728 bits per heavy atom. The minimum atomic E-state index is -2.61. The van der Waals surface area contributed by atoms with E-state index in [4.69, 9.17) is 96.1 Å². The van der Waals surface area contributed by atoms with Crippen LogP contribution in [0.5, 0.6) is 0 Å². The van der Waals surface area contributed by atoms with Crippen LogP contribution in [0.1, 0.15) is 310 Å². The SMILES string of the molecule is CCC(C)(C)C(=O)OCCC[Si](C)(OC)OC.CCC(C)(C)C(=O)OCCC[Si](OC)(OC)OC.CCC(C)(C)C(=O)OCc1ccccc1.CCC(C)(C)C(=O)OCc1ccccc1.CCC(C)C(=O)OCCC[Si](OC)(OC)OC.CCC(C)C(=O)OCc1ccccc1.CCC(C)C(=O)OCc1ccccc1.CCC(C)c1ccc(C(C)(OC)OC)cc1.CCO[Si](CCCOC(=O)C(C)(C)CC)(OCC)OCC. The normalized spacial score (nSPS) is 12.4. The number of carbonyl (C=O) groups excluding carboxylic acids is 8. The summed E-state index contributed by atoms with van der Waals surface area (Å²) in [5.74, 6) is -1.16. The zero-order valence-electron chi connectivity index (χ0n) is 97.8. The molecule has 0 fully saturated rings. The van der Waals surface area contributed by atoms with Gasteiger partial charge in [-0.25, -0.2) is 0 Å². The van der Waals surface area contributed by atoms with Crippen LogP contribution in [0.4, 0.5) is 0 Å². The molecule has 0 spiro atoms. The van der Waals surface area contributed by atoms with Gasteiger partial charge in [0.25, 0.3) is 0 Å². The second-order valence-corrected chi connectivity index (χ2v) is 51.3. The fourth-order valence-corrected chi connectivity index (χ4v) is 18.8. The molecule has 844 valence electrons. The summed E-state index contributed by atoms with van der Waals surface area (Å²) in [6.07, 6.45) is 10.3. The minimum absolute atomic E-state index is 0.00119. The highest BCUT2D eigenvalue weighted by molar-refractivity contribution is 6.66. The molecule has 0 aromatic heterocycles. The van der Waals surface area contributed by atoms with Crippen molar-refractivity contribution in [1.82, 2.24) is 0 Å². The van der Waals surface area contributed by atoms with Gasteiger partial charge in [-0.1, -0.05) is 236 Å². The predicted octanol–water partition coefficient (Wildman–Crippen LogP) is 25.8. The zero-order chi connectivity index (χ0) is 113. The van der Waals surface area contributed by atoms with Crippen LogP contribution < -0.4 is 0 Å². The molecule has 33 heteroatoms. The van der Waals surface area contributed by atoms with E-state index in [1.54, 1.807) is 71.1 Å². The molecule has 0 heterocycles. The van der Waals surface area contributed by atoms with E-state index in [9.17, 15) is 38.4 Å². The molecule has 0 radical (unpaired) electrons. The number of rotatable bonds is 59. The Morgan fingerprint density at radius 1 is 0.272 bits per heavy atom. The van der Waals surface area contributed by atoms with E-state index in [1.807, 2.05) is 301 Å². The van der Waals surface area contributed by atoms with Crippen molar-refractivity contribution < 1.29 is 134 Å². The first-order chi connectivity index (χ1) is 69.3. The third-order valence-corrected chi connectivity index (χ3v) is 37.7. The van der Waals surface area contributed by atoms with Gasteiger partial charge in [-0.15, -0.1) is 0 Å². The summed E-state index contributed by atoms with van der Waals surface area (Å²) in [7, 11) is 6.42. The summed E-state index contributed by atoms with van der Waals surface area (Å²) in [6.45, 7) is 59.4. The number of carbonyl (C=O) groups is 8. The Kier molecular flexibility index (Phi) is 80.2. The van der Waals surface area contributed by atoms with Gasteiger partial charge in [0.05, 0.1) is 71.3 Å². The van der Waals surface area contributed by atoms with E-state index in [0.717, 1.165) is 98.1 Å².